The molecule has 0 amide bonds. The first-order valence-electron chi connectivity index (χ1n) is 6.43. The molecule has 1 aromatic carbocycles. The van der Waals surface area contributed by atoms with Crippen molar-refractivity contribution in [3.63, 3.8) is 0 Å². The Bertz CT molecular complexity index is 804. The molecular formula is C14H12ClFN6. The number of anilines is 4. The number of halogens is 2. The van der Waals surface area contributed by atoms with E-state index in [-0.39, 0.29) is 5.69 Å². The van der Waals surface area contributed by atoms with Crippen LogP contribution < -0.4 is 10.6 Å². The van der Waals surface area contributed by atoms with Gasteiger partial charge >= 0.3 is 0 Å². The molecule has 2 aromatic heterocycles. The summed E-state index contributed by atoms with van der Waals surface area (Å²) < 4.78 is 13.8. The Morgan fingerprint density at radius 3 is 2.55 bits per heavy atom. The van der Waals surface area contributed by atoms with Crippen molar-refractivity contribution < 1.29 is 4.39 Å². The van der Waals surface area contributed by atoms with Crippen LogP contribution in [0.3, 0.4) is 0 Å². The van der Waals surface area contributed by atoms with Crippen LogP contribution in [0.15, 0.2) is 36.7 Å². The summed E-state index contributed by atoms with van der Waals surface area (Å²) in [7, 11) is 0. The molecule has 2 heterocycles. The Morgan fingerprint density at radius 1 is 1.09 bits per heavy atom. The first kappa shape index (κ1) is 14.3. The predicted octanol–water partition coefficient (Wildman–Crippen LogP) is 3.79. The number of benzene rings is 1. The molecule has 3 N–H and O–H groups in total. The molecule has 0 bridgehead atoms. The fraction of sp³-hybridized carbons (Fsp3) is 0.0714. The third-order valence-corrected chi connectivity index (χ3v) is 3.03. The van der Waals surface area contributed by atoms with Crippen LogP contribution in [0.4, 0.5) is 27.5 Å². The molecule has 0 radical (unpaired) electrons. The molecule has 8 heteroatoms. The summed E-state index contributed by atoms with van der Waals surface area (Å²) in [6.07, 6.45) is 3.04. The van der Waals surface area contributed by atoms with Gasteiger partial charge in [0.15, 0.2) is 17.5 Å². The molecule has 22 heavy (non-hydrogen) atoms. The van der Waals surface area contributed by atoms with Crippen molar-refractivity contribution in [1.82, 2.24) is 20.2 Å². The lowest BCUT2D eigenvalue weighted by Crippen LogP contribution is -2.00. The lowest BCUT2D eigenvalue weighted by Gasteiger charge is -2.08. The van der Waals surface area contributed by atoms with Gasteiger partial charge in [0.1, 0.15) is 5.82 Å². The Balaban J connectivity index is 1.78. The molecule has 3 rings (SSSR count). The van der Waals surface area contributed by atoms with E-state index in [2.05, 4.69) is 30.8 Å². The molecule has 0 saturated heterocycles. The van der Waals surface area contributed by atoms with Crippen LogP contribution in [0.25, 0.3) is 0 Å². The van der Waals surface area contributed by atoms with E-state index < -0.39 is 5.82 Å². The normalized spacial score (nSPS) is 10.5. The van der Waals surface area contributed by atoms with Gasteiger partial charge in [0, 0.05) is 16.8 Å². The largest absolute Gasteiger partial charge is 0.336 e. The minimum atomic E-state index is -0.462. The Morgan fingerprint density at radius 2 is 1.86 bits per heavy atom. The fourth-order valence-electron chi connectivity index (χ4n) is 1.83. The Hall–Kier alpha value is -2.67. The highest BCUT2D eigenvalue weighted by Gasteiger charge is 2.06. The van der Waals surface area contributed by atoms with Crippen molar-refractivity contribution in [2.45, 2.75) is 6.92 Å². The molecule has 0 atom stereocenters. The molecule has 0 spiro atoms. The van der Waals surface area contributed by atoms with Gasteiger partial charge < -0.3 is 10.6 Å². The number of aryl methyl sites for hydroxylation is 1. The minimum Gasteiger partial charge on any atom is -0.336 e. The maximum absolute atomic E-state index is 13.8. The van der Waals surface area contributed by atoms with Gasteiger partial charge in [-0.15, -0.1) is 0 Å². The van der Waals surface area contributed by atoms with Gasteiger partial charge in [-0.1, -0.05) is 11.6 Å². The maximum atomic E-state index is 13.8. The molecule has 0 fully saturated rings. The minimum absolute atomic E-state index is 0.270. The van der Waals surface area contributed by atoms with Crippen molar-refractivity contribution in [3.8, 4) is 0 Å². The topological polar surface area (TPSA) is 78.5 Å². The molecule has 0 saturated carbocycles. The number of rotatable bonds is 4. The Labute approximate surface area is 130 Å². The van der Waals surface area contributed by atoms with Crippen LogP contribution in [0, 0.1) is 12.7 Å². The zero-order chi connectivity index (χ0) is 15.5. The van der Waals surface area contributed by atoms with Gasteiger partial charge in [-0.2, -0.15) is 5.10 Å². The average Bonchev–Trinajstić information content (AvgIpc) is 2.88. The highest BCUT2D eigenvalue weighted by molar-refractivity contribution is 6.30. The SMILES string of the molecule is Cc1cc(Nc2cncc(Nc3ccc(Cl)cc3F)n2)n[nH]1. The maximum Gasteiger partial charge on any atom is 0.153 e. The Kier molecular flexibility index (Phi) is 3.88. The lowest BCUT2D eigenvalue weighted by atomic mass is 10.3. The van der Waals surface area contributed by atoms with Gasteiger partial charge in [0.2, 0.25) is 0 Å². The second-order valence-corrected chi connectivity index (χ2v) is 5.04. The van der Waals surface area contributed by atoms with E-state index in [0.717, 1.165) is 5.69 Å². The average molecular weight is 319 g/mol. The van der Waals surface area contributed by atoms with Gasteiger partial charge in [-0.3, -0.25) is 10.1 Å². The third kappa shape index (κ3) is 3.32. The summed E-state index contributed by atoms with van der Waals surface area (Å²) in [6, 6.07) is 6.19. The number of nitrogens with one attached hydrogen (secondary N) is 3. The molecule has 0 unspecified atom stereocenters. The second kappa shape index (κ2) is 5.98. The number of aromatic amines is 1. The number of H-pyrrole nitrogens is 1. The van der Waals surface area contributed by atoms with Crippen LogP contribution in [0.5, 0.6) is 0 Å². The van der Waals surface area contributed by atoms with Gasteiger partial charge in [-0.05, 0) is 25.1 Å². The van der Waals surface area contributed by atoms with E-state index in [1.54, 1.807) is 12.3 Å². The van der Waals surface area contributed by atoms with E-state index in [1.807, 2.05) is 13.0 Å². The summed E-state index contributed by atoms with van der Waals surface area (Å²) in [5.41, 5.74) is 1.19. The van der Waals surface area contributed by atoms with Crippen LogP contribution in [0.2, 0.25) is 5.02 Å². The molecule has 0 aliphatic carbocycles. The predicted molar refractivity (Wildman–Crippen MR) is 83.3 cm³/mol. The summed E-state index contributed by atoms with van der Waals surface area (Å²) in [6.45, 7) is 1.89. The van der Waals surface area contributed by atoms with E-state index in [0.29, 0.717) is 22.5 Å². The third-order valence-electron chi connectivity index (χ3n) is 2.79. The molecule has 6 nitrogen and oxygen atoms in total. The highest BCUT2D eigenvalue weighted by Crippen LogP contribution is 2.22. The summed E-state index contributed by atoms with van der Waals surface area (Å²) in [5, 5.41) is 13.1. The standard InChI is InChI=1S/C14H12ClFN6/c1-8-4-12(22-21-8)19-14-7-17-6-13(20-14)18-11-3-2-9(15)5-10(11)16/h2-7H,1H3,(H3,18,19,20,21,22). The molecular weight excluding hydrogens is 307 g/mol. The van der Waals surface area contributed by atoms with Crippen LogP contribution >= 0.6 is 11.6 Å². The monoisotopic (exact) mass is 318 g/mol. The van der Waals surface area contributed by atoms with Crippen LogP contribution in [-0.2, 0) is 0 Å². The van der Waals surface area contributed by atoms with Crippen molar-refractivity contribution >= 4 is 34.7 Å². The summed E-state index contributed by atoms with van der Waals surface area (Å²) in [5.74, 6) is 1.06. The summed E-state index contributed by atoms with van der Waals surface area (Å²) in [4.78, 5) is 8.35. The first-order chi connectivity index (χ1) is 10.6. The number of hydrogen-bond acceptors (Lipinski definition) is 5. The lowest BCUT2D eigenvalue weighted by molar-refractivity contribution is 0.632. The van der Waals surface area contributed by atoms with E-state index in [4.69, 9.17) is 11.6 Å². The van der Waals surface area contributed by atoms with E-state index >= 15 is 0 Å². The van der Waals surface area contributed by atoms with Crippen LogP contribution in [0.1, 0.15) is 5.69 Å². The molecule has 112 valence electrons. The van der Waals surface area contributed by atoms with Gasteiger partial charge in [-0.25, -0.2) is 9.37 Å². The highest BCUT2D eigenvalue weighted by atomic mass is 35.5. The molecule has 0 aliphatic heterocycles. The smallest absolute Gasteiger partial charge is 0.153 e. The second-order valence-electron chi connectivity index (χ2n) is 4.60. The van der Waals surface area contributed by atoms with E-state index in [9.17, 15) is 4.39 Å². The van der Waals surface area contributed by atoms with Crippen LogP contribution in [-0.4, -0.2) is 20.2 Å². The number of aromatic nitrogens is 4. The van der Waals surface area contributed by atoms with Gasteiger partial charge in [0.25, 0.3) is 0 Å². The molecule has 3 aromatic rings. The van der Waals surface area contributed by atoms with Crippen molar-refractivity contribution in [2.24, 2.45) is 0 Å². The van der Waals surface area contributed by atoms with Gasteiger partial charge in [0.05, 0.1) is 18.1 Å². The zero-order valence-electron chi connectivity index (χ0n) is 11.6. The number of nitrogens with zero attached hydrogens (tertiary/aromatic N) is 3. The quantitative estimate of drug-likeness (QED) is 0.682. The summed E-state index contributed by atoms with van der Waals surface area (Å²) >= 11 is 5.72. The van der Waals surface area contributed by atoms with Crippen molar-refractivity contribution in [1.29, 1.82) is 0 Å². The zero-order valence-corrected chi connectivity index (χ0v) is 12.3. The number of hydrogen-bond donors (Lipinski definition) is 3. The first-order valence-corrected chi connectivity index (χ1v) is 6.81. The fourth-order valence-corrected chi connectivity index (χ4v) is 1.99. The molecule has 0 aliphatic rings. The van der Waals surface area contributed by atoms with Crippen molar-refractivity contribution in [3.05, 3.63) is 53.2 Å². The van der Waals surface area contributed by atoms with Crippen molar-refractivity contribution in [2.75, 3.05) is 10.6 Å². The van der Waals surface area contributed by atoms with E-state index in [1.165, 1.54) is 18.3 Å².